The van der Waals surface area contributed by atoms with E-state index in [9.17, 15) is 14.7 Å². The average Bonchev–Trinajstić information content (AvgIpc) is 2.55. The number of thioether (sulfide) groups is 1. The van der Waals surface area contributed by atoms with Crippen LogP contribution in [0.1, 0.15) is 45.6 Å². The molecule has 0 radical (unpaired) electrons. The number of aliphatic carboxylic acids is 1. The van der Waals surface area contributed by atoms with Gasteiger partial charge in [0.15, 0.2) is 0 Å². The number of carbonyl (C=O) groups is 2. The largest absolute Gasteiger partial charge is 0.497 e. The van der Waals surface area contributed by atoms with E-state index in [-0.39, 0.29) is 0 Å². The third-order valence-electron chi connectivity index (χ3n) is 3.45. The standard InChI is InChI=1S/C19H29NO5S/c1-19(2,3)25-18(23)20-16(17(21)22)7-5-6-12-26-13-14-8-10-15(24-4)11-9-14/h8-11,16H,5-7,12-13H2,1-4H3,(H,20,23)(H,21,22)/t16-/m1/s1. The van der Waals surface area contributed by atoms with Crippen molar-refractivity contribution in [3.8, 4) is 5.75 Å². The van der Waals surface area contributed by atoms with Crippen LogP contribution in [0.3, 0.4) is 0 Å². The number of benzene rings is 1. The highest BCUT2D eigenvalue weighted by Crippen LogP contribution is 2.18. The topological polar surface area (TPSA) is 84.9 Å². The Bertz CT molecular complexity index is 568. The molecule has 0 saturated heterocycles. The van der Waals surface area contributed by atoms with E-state index in [1.54, 1.807) is 39.6 Å². The van der Waals surface area contributed by atoms with E-state index in [2.05, 4.69) is 5.32 Å². The maximum atomic E-state index is 11.7. The molecule has 0 saturated carbocycles. The number of carboxylic acid groups (broad SMARTS) is 1. The molecule has 6 nitrogen and oxygen atoms in total. The summed E-state index contributed by atoms with van der Waals surface area (Å²) < 4.78 is 10.2. The number of hydrogen-bond acceptors (Lipinski definition) is 5. The molecule has 1 aromatic rings. The quantitative estimate of drug-likeness (QED) is 0.592. The number of amides is 1. The van der Waals surface area contributed by atoms with Gasteiger partial charge in [0.25, 0.3) is 0 Å². The lowest BCUT2D eigenvalue weighted by atomic mass is 10.1. The molecule has 26 heavy (non-hydrogen) atoms. The Morgan fingerprint density at radius 2 is 1.85 bits per heavy atom. The van der Waals surface area contributed by atoms with E-state index in [4.69, 9.17) is 9.47 Å². The zero-order valence-corrected chi connectivity index (χ0v) is 16.7. The van der Waals surface area contributed by atoms with Crippen LogP contribution in [-0.4, -0.2) is 41.7 Å². The van der Waals surface area contributed by atoms with Gasteiger partial charge in [-0.3, -0.25) is 0 Å². The SMILES string of the molecule is COc1ccc(CSCCCC[C@@H](NC(=O)OC(C)(C)C)C(=O)O)cc1. The van der Waals surface area contributed by atoms with Crippen LogP contribution in [0.15, 0.2) is 24.3 Å². The first-order chi connectivity index (χ1) is 12.2. The minimum absolute atomic E-state index is 0.387. The molecule has 146 valence electrons. The van der Waals surface area contributed by atoms with Gasteiger partial charge in [0.2, 0.25) is 0 Å². The Morgan fingerprint density at radius 3 is 2.38 bits per heavy atom. The summed E-state index contributed by atoms with van der Waals surface area (Å²) in [6.07, 6.45) is 1.31. The van der Waals surface area contributed by atoms with Crippen LogP contribution in [0.2, 0.25) is 0 Å². The summed E-state index contributed by atoms with van der Waals surface area (Å²) in [5.74, 6) is 1.64. The predicted octanol–water partition coefficient (Wildman–Crippen LogP) is 4.08. The highest BCUT2D eigenvalue weighted by atomic mass is 32.2. The van der Waals surface area contributed by atoms with Crippen molar-refractivity contribution in [3.63, 3.8) is 0 Å². The normalized spacial score (nSPS) is 12.3. The van der Waals surface area contributed by atoms with E-state index in [1.165, 1.54) is 5.56 Å². The molecule has 2 N–H and O–H groups in total. The molecule has 0 fully saturated rings. The average molecular weight is 384 g/mol. The van der Waals surface area contributed by atoms with Crippen LogP contribution in [0.25, 0.3) is 0 Å². The molecule has 7 heteroatoms. The predicted molar refractivity (Wildman–Crippen MR) is 104 cm³/mol. The molecule has 1 aromatic carbocycles. The van der Waals surface area contributed by atoms with Gasteiger partial charge in [-0.1, -0.05) is 12.1 Å². The Kier molecular flexibility index (Phi) is 9.34. The van der Waals surface area contributed by atoms with Crippen LogP contribution in [-0.2, 0) is 15.3 Å². The van der Waals surface area contributed by atoms with Crippen LogP contribution in [0.4, 0.5) is 4.79 Å². The molecule has 0 aliphatic carbocycles. The van der Waals surface area contributed by atoms with Crippen LogP contribution >= 0.6 is 11.8 Å². The molecule has 0 spiro atoms. The summed E-state index contributed by atoms with van der Waals surface area (Å²) >= 11 is 1.80. The number of carboxylic acids is 1. The summed E-state index contributed by atoms with van der Waals surface area (Å²) in [5.41, 5.74) is 0.580. The number of hydrogen-bond donors (Lipinski definition) is 2. The summed E-state index contributed by atoms with van der Waals surface area (Å²) in [4.78, 5) is 23.0. The second-order valence-electron chi connectivity index (χ2n) is 6.93. The summed E-state index contributed by atoms with van der Waals surface area (Å²) in [6.45, 7) is 5.22. The lowest BCUT2D eigenvalue weighted by molar-refractivity contribution is -0.139. The van der Waals surface area contributed by atoms with Crippen molar-refractivity contribution in [2.24, 2.45) is 0 Å². The van der Waals surface area contributed by atoms with E-state index in [0.29, 0.717) is 6.42 Å². The molecule has 0 aromatic heterocycles. The van der Waals surface area contributed by atoms with E-state index >= 15 is 0 Å². The Morgan fingerprint density at radius 1 is 1.19 bits per heavy atom. The van der Waals surface area contributed by atoms with Crippen LogP contribution < -0.4 is 10.1 Å². The molecule has 1 rings (SSSR count). The molecule has 0 bridgehead atoms. The highest BCUT2D eigenvalue weighted by Gasteiger charge is 2.23. The Hall–Kier alpha value is -1.89. The first-order valence-corrected chi connectivity index (χ1v) is 9.80. The number of ether oxygens (including phenoxy) is 2. The van der Waals surface area contributed by atoms with E-state index in [1.807, 2.05) is 24.3 Å². The highest BCUT2D eigenvalue weighted by molar-refractivity contribution is 7.98. The molecule has 1 atom stereocenters. The molecule has 0 aliphatic heterocycles. The smallest absolute Gasteiger partial charge is 0.408 e. The van der Waals surface area contributed by atoms with Crippen molar-refractivity contribution in [2.45, 2.75) is 57.4 Å². The van der Waals surface area contributed by atoms with Crippen molar-refractivity contribution in [2.75, 3.05) is 12.9 Å². The van der Waals surface area contributed by atoms with Gasteiger partial charge in [0, 0.05) is 5.75 Å². The minimum Gasteiger partial charge on any atom is -0.497 e. The number of rotatable bonds is 10. The zero-order valence-electron chi connectivity index (χ0n) is 15.9. The van der Waals surface area contributed by atoms with Gasteiger partial charge in [-0.15, -0.1) is 0 Å². The van der Waals surface area contributed by atoms with Crippen molar-refractivity contribution in [1.29, 1.82) is 0 Å². The lowest BCUT2D eigenvalue weighted by Gasteiger charge is -2.22. The number of carbonyl (C=O) groups excluding carboxylic acids is 1. The summed E-state index contributed by atoms with van der Waals surface area (Å²) in [7, 11) is 1.64. The maximum absolute atomic E-state index is 11.7. The first-order valence-electron chi connectivity index (χ1n) is 8.64. The molecular formula is C19H29NO5S. The van der Waals surface area contributed by atoms with Gasteiger partial charge in [-0.2, -0.15) is 11.8 Å². The van der Waals surface area contributed by atoms with Crippen LogP contribution in [0.5, 0.6) is 5.75 Å². The second-order valence-corrected chi connectivity index (χ2v) is 8.04. The number of unbranched alkanes of at least 4 members (excludes halogenated alkanes) is 1. The monoisotopic (exact) mass is 383 g/mol. The number of methoxy groups -OCH3 is 1. The van der Waals surface area contributed by atoms with Crippen molar-refractivity contribution in [3.05, 3.63) is 29.8 Å². The fourth-order valence-electron chi connectivity index (χ4n) is 2.17. The maximum Gasteiger partial charge on any atom is 0.408 e. The third kappa shape index (κ3) is 9.56. The van der Waals surface area contributed by atoms with Crippen molar-refractivity contribution >= 4 is 23.8 Å². The van der Waals surface area contributed by atoms with Gasteiger partial charge < -0.3 is 19.9 Å². The van der Waals surface area contributed by atoms with Gasteiger partial charge in [0.05, 0.1) is 7.11 Å². The van der Waals surface area contributed by atoms with Gasteiger partial charge in [-0.05, 0) is 63.5 Å². The molecule has 1 amide bonds. The zero-order chi connectivity index (χ0) is 19.6. The fourth-order valence-corrected chi connectivity index (χ4v) is 3.15. The van der Waals surface area contributed by atoms with Gasteiger partial charge in [-0.25, -0.2) is 9.59 Å². The van der Waals surface area contributed by atoms with Crippen molar-refractivity contribution < 1.29 is 24.2 Å². The van der Waals surface area contributed by atoms with Gasteiger partial charge in [0.1, 0.15) is 17.4 Å². The molecule has 0 unspecified atom stereocenters. The Labute approximate surface area is 159 Å². The minimum atomic E-state index is -1.04. The number of alkyl carbamates (subject to hydrolysis) is 1. The van der Waals surface area contributed by atoms with E-state index < -0.39 is 23.7 Å². The summed E-state index contributed by atoms with van der Waals surface area (Å²) in [5, 5.41) is 11.7. The molecular weight excluding hydrogens is 354 g/mol. The molecule has 0 heterocycles. The number of nitrogens with one attached hydrogen (secondary N) is 1. The third-order valence-corrected chi connectivity index (χ3v) is 4.56. The second kappa shape index (κ2) is 11.0. The molecule has 0 aliphatic rings. The first kappa shape index (κ1) is 22.2. The Balaban J connectivity index is 2.24. The van der Waals surface area contributed by atoms with Crippen LogP contribution in [0, 0.1) is 0 Å². The summed E-state index contributed by atoms with van der Waals surface area (Å²) in [6, 6.07) is 7.04. The van der Waals surface area contributed by atoms with E-state index in [0.717, 1.165) is 30.1 Å². The van der Waals surface area contributed by atoms with Crippen molar-refractivity contribution in [1.82, 2.24) is 5.32 Å². The van der Waals surface area contributed by atoms with Gasteiger partial charge >= 0.3 is 12.1 Å². The lowest BCUT2D eigenvalue weighted by Crippen LogP contribution is -2.43. The fraction of sp³-hybridized carbons (Fsp3) is 0.579.